The van der Waals surface area contributed by atoms with Gasteiger partial charge in [0, 0.05) is 19.2 Å². The van der Waals surface area contributed by atoms with E-state index in [9.17, 15) is 28.1 Å². The molecule has 1 N–H and O–H groups in total. The first-order valence-electron chi connectivity index (χ1n) is 11.8. The number of hydrazone groups is 1. The van der Waals surface area contributed by atoms with Crippen LogP contribution < -0.4 is 10.2 Å². The Labute approximate surface area is 234 Å². The van der Waals surface area contributed by atoms with Crippen molar-refractivity contribution in [2.45, 2.75) is 31.3 Å². The maximum Gasteiger partial charge on any atom is 0.435 e. The number of nitrogens with zero attached hydrogens (tertiary/aromatic N) is 9. The van der Waals surface area contributed by atoms with Crippen LogP contribution in [0.3, 0.4) is 0 Å². The number of thioether (sulfide) groups is 1. The first-order valence-corrected chi connectivity index (χ1v) is 12.8. The van der Waals surface area contributed by atoms with E-state index in [1.165, 1.54) is 37.3 Å². The molecule has 41 heavy (non-hydrogen) atoms. The van der Waals surface area contributed by atoms with Gasteiger partial charge in [0.25, 0.3) is 5.91 Å². The van der Waals surface area contributed by atoms with Crippen LogP contribution in [0, 0.1) is 10.1 Å². The van der Waals surface area contributed by atoms with Crippen LogP contribution in [0.2, 0.25) is 0 Å². The van der Waals surface area contributed by atoms with Gasteiger partial charge in [0.15, 0.2) is 16.7 Å². The van der Waals surface area contributed by atoms with Crippen molar-refractivity contribution in [1.82, 2.24) is 39.8 Å². The zero-order valence-electron chi connectivity index (χ0n) is 21.9. The average Bonchev–Trinajstić information content (AvgIpc) is 3.65. The van der Waals surface area contributed by atoms with E-state index >= 15 is 0 Å². The Hall–Kier alpha value is -4.74. The Bertz CT molecular complexity index is 1590. The molecule has 1 amide bonds. The number of carbonyl (C=O) groups is 1. The summed E-state index contributed by atoms with van der Waals surface area (Å²) in [5.74, 6) is -0.0697. The minimum atomic E-state index is -4.60. The number of benzene rings is 1. The van der Waals surface area contributed by atoms with Gasteiger partial charge < -0.3 is 19.4 Å². The number of ether oxygens (including phenoxy) is 1. The van der Waals surface area contributed by atoms with Crippen LogP contribution in [-0.4, -0.2) is 64.2 Å². The third-order valence-electron chi connectivity index (χ3n) is 5.62. The standard InChI is InChI=1S/C23H23F3N10O4S/c1-4-35-21(16-10-18(23(24,25)26)31-33(16)2)29-30-22(35)41-13-20(37)28-27-11-14-5-6-17(40-3)15(9-14)12-34-8-7-19(32-34)36(38)39/h5-11H,4,12-13H2,1-3H3,(H,28,37)/b27-11-. The molecule has 0 bridgehead atoms. The maximum atomic E-state index is 13.1. The maximum absolute atomic E-state index is 13.1. The molecule has 4 aromatic rings. The normalized spacial score (nSPS) is 11.8. The first-order chi connectivity index (χ1) is 19.5. The molecule has 0 aliphatic carbocycles. The zero-order valence-corrected chi connectivity index (χ0v) is 22.7. The van der Waals surface area contributed by atoms with Crippen LogP contribution in [0.1, 0.15) is 23.7 Å². The molecule has 14 nitrogen and oxygen atoms in total. The quantitative estimate of drug-likeness (QED) is 0.119. The molecule has 0 saturated heterocycles. The SMILES string of the molecule is CCn1c(SCC(=O)N/N=C\c2ccc(OC)c(Cn3ccc([N+](=O)[O-])n3)c2)nnc1-c1cc(C(F)(F)F)nn1C. The fourth-order valence-electron chi connectivity index (χ4n) is 3.74. The van der Waals surface area contributed by atoms with Gasteiger partial charge in [-0.1, -0.05) is 11.8 Å². The summed E-state index contributed by atoms with van der Waals surface area (Å²) >= 11 is 1.05. The third-order valence-corrected chi connectivity index (χ3v) is 6.58. The van der Waals surface area contributed by atoms with Gasteiger partial charge in [0.05, 0.1) is 43.0 Å². The number of nitrogens with one attached hydrogen (secondary N) is 1. The molecule has 1 aromatic carbocycles. The molecule has 216 valence electrons. The van der Waals surface area contributed by atoms with E-state index < -0.39 is 22.7 Å². The topological polar surface area (TPSA) is 160 Å². The van der Waals surface area contributed by atoms with Crippen LogP contribution >= 0.6 is 11.8 Å². The van der Waals surface area contributed by atoms with E-state index in [-0.39, 0.29) is 29.6 Å². The predicted octanol–water partition coefficient (Wildman–Crippen LogP) is 3.12. The van der Waals surface area contributed by atoms with Crippen LogP contribution in [0.15, 0.2) is 46.8 Å². The fraction of sp³-hybridized carbons (Fsp3) is 0.304. The highest BCUT2D eigenvalue weighted by Crippen LogP contribution is 2.32. The number of aromatic nitrogens is 7. The van der Waals surface area contributed by atoms with Crippen molar-refractivity contribution in [3.8, 4) is 17.3 Å². The van der Waals surface area contributed by atoms with Crippen LogP contribution in [0.4, 0.5) is 19.0 Å². The monoisotopic (exact) mass is 592 g/mol. The summed E-state index contributed by atoms with van der Waals surface area (Å²) in [6.07, 6.45) is -1.70. The van der Waals surface area contributed by atoms with Crippen LogP contribution in [0.25, 0.3) is 11.5 Å². The third kappa shape index (κ3) is 6.89. The Morgan fingerprint density at radius 1 is 1.24 bits per heavy atom. The summed E-state index contributed by atoms with van der Waals surface area (Å²) in [5.41, 5.74) is 2.81. The highest BCUT2D eigenvalue weighted by Gasteiger charge is 2.35. The van der Waals surface area contributed by atoms with E-state index in [1.54, 1.807) is 29.7 Å². The summed E-state index contributed by atoms with van der Waals surface area (Å²) in [4.78, 5) is 22.7. The zero-order chi connectivity index (χ0) is 29.7. The minimum Gasteiger partial charge on any atom is -0.496 e. The van der Waals surface area contributed by atoms with Crippen molar-refractivity contribution >= 4 is 29.7 Å². The van der Waals surface area contributed by atoms with Gasteiger partial charge in [-0.2, -0.15) is 28.1 Å². The number of aryl methyl sites for hydroxylation is 1. The van der Waals surface area contributed by atoms with Crippen LogP contribution in [-0.2, 0) is 31.1 Å². The number of hydrogen-bond acceptors (Lipinski definition) is 10. The molecule has 0 aliphatic rings. The van der Waals surface area contributed by atoms with E-state index in [4.69, 9.17) is 4.74 Å². The van der Waals surface area contributed by atoms with Crippen molar-refractivity contribution in [2.75, 3.05) is 12.9 Å². The molecule has 4 rings (SSSR count). The Morgan fingerprint density at radius 3 is 2.66 bits per heavy atom. The molecule has 0 fully saturated rings. The lowest BCUT2D eigenvalue weighted by Crippen LogP contribution is -2.20. The van der Waals surface area contributed by atoms with Crippen molar-refractivity contribution in [3.05, 3.63) is 63.5 Å². The second-order valence-electron chi connectivity index (χ2n) is 8.37. The van der Waals surface area contributed by atoms with E-state index in [1.807, 2.05) is 0 Å². The molecule has 3 aromatic heterocycles. The summed E-state index contributed by atoms with van der Waals surface area (Å²) in [6, 6.07) is 7.34. The van der Waals surface area contributed by atoms with Gasteiger partial charge in [0.1, 0.15) is 11.4 Å². The first kappa shape index (κ1) is 29.2. The van der Waals surface area contributed by atoms with Gasteiger partial charge in [-0.05, 0) is 41.7 Å². The number of hydrogen-bond donors (Lipinski definition) is 1. The van der Waals surface area contributed by atoms with E-state index in [0.29, 0.717) is 28.6 Å². The molecule has 0 radical (unpaired) electrons. The molecule has 0 spiro atoms. The van der Waals surface area contributed by atoms with E-state index in [2.05, 4.69) is 30.9 Å². The number of halogens is 3. The molecule has 0 aliphatic heterocycles. The predicted molar refractivity (Wildman–Crippen MR) is 140 cm³/mol. The second-order valence-corrected chi connectivity index (χ2v) is 9.31. The van der Waals surface area contributed by atoms with Gasteiger partial charge >= 0.3 is 12.0 Å². The lowest BCUT2D eigenvalue weighted by molar-refractivity contribution is -0.389. The van der Waals surface area contributed by atoms with Gasteiger partial charge in [0.2, 0.25) is 0 Å². The molecular weight excluding hydrogens is 569 g/mol. The Balaban J connectivity index is 1.38. The highest BCUT2D eigenvalue weighted by molar-refractivity contribution is 7.99. The summed E-state index contributed by atoms with van der Waals surface area (Å²) in [5, 5.41) is 30.6. The van der Waals surface area contributed by atoms with E-state index in [0.717, 1.165) is 22.5 Å². The molecule has 18 heteroatoms. The summed E-state index contributed by atoms with van der Waals surface area (Å²) < 4.78 is 48.6. The lowest BCUT2D eigenvalue weighted by Gasteiger charge is -2.08. The number of nitro groups is 1. The number of amides is 1. The van der Waals surface area contributed by atoms with Crippen molar-refractivity contribution in [2.24, 2.45) is 12.1 Å². The number of methoxy groups -OCH3 is 1. The summed E-state index contributed by atoms with van der Waals surface area (Å²) in [7, 11) is 2.88. The Kier molecular flexibility index (Phi) is 8.70. The lowest BCUT2D eigenvalue weighted by atomic mass is 10.1. The molecular formula is C23H23F3N10O4S. The van der Waals surface area contributed by atoms with Crippen molar-refractivity contribution in [1.29, 1.82) is 0 Å². The van der Waals surface area contributed by atoms with Gasteiger partial charge in [-0.15, -0.1) is 10.2 Å². The van der Waals surface area contributed by atoms with Gasteiger partial charge in [-0.25, -0.2) is 5.43 Å². The molecule has 0 saturated carbocycles. The number of rotatable bonds is 11. The number of carbonyl (C=O) groups excluding carboxylic acids is 1. The fourth-order valence-corrected chi connectivity index (χ4v) is 4.53. The van der Waals surface area contributed by atoms with Crippen molar-refractivity contribution in [3.63, 3.8) is 0 Å². The molecule has 3 heterocycles. The van der Waals surface area contributed by atoms with Crippen LogP contribution in [0.5, 0.6) is 5.75 Å². The second kappa shape index (κ2) is 12.2. The minimum absolute atomic E-state index is 0.0827. The molecule has 0 atom stereocenters. The largest absolute Gasteiger partial charge is 0.496 e. The molecule has 0 unspecified atom stereocenters. The summed E-state index contributed by atoms with van der Waals surface area (Å²) in [6.45, 7) is 2.33. The Morgan fingerprint density at radius 2 is 2.02 bits per heavy atom. The highest BCUT2D eigenvalue weighted by atomic mass is 32.2. The average molecular weight is 593 g/mol. The van der Waals surface area contributed by atoms with Gasteiger partial charge in [-0.3, -0.25) is 9.48 Å². The number of alkyl halides is 3. The van der Waals surface area contributed by atoms with Crippen molar-refractivity contribution < 1.29 is 27.6 Å². The smallest absolute Gasteiger partial charge is 0.435 e.